The summed E-state index contributed by atoms with van der Waals surface area (Å²) < 4.78 is 9.49. The molecule has 0 amide bonds. The molecule has 6 heteroatoms. The Kier molecular flexibility index (Phi) is 8.07. The van der Waals surface area contributed by atoms with Crippen molar-refractivity contribution in [2.75, 3.05) is 0 Å². The van der Waals surface area contributed by atoms with E-state index in [2.05, 4.69) is 261 Å². The average molecular weight is 917 g/mol. The van der Waals surface area contributed by atoms with Crippen LogP contribution in [0, 0.1) is 0 Å². The van der Waals surface area contributed by atoms with Crippen LogP contribution >= 0.6 is 0 Å². The highest BCUT2D eigenvalue weighted by atomic mass is 15.1. The van der Waals surface area contributed by atoms with E-state index in [4.69, 9.17) is 9.97 Å². The summed E-state index contributed by atoms with van der Waals surface area (Å²) in [5, 5.41) is 11.9. The normalized spacial score (nSPS) is 12.2. The average Bonchev–Trinajstić information content (AvgIpc) is 4.23. The quantitative estimate of drug-likeness (QED) is 0.156. The smallest absolute Gasteiger partial charge is 0.145 e. The van der Waals surface area contributed by atoms with Gasteiger partial charge in [-0.2, -0.15) is 0 Å². The van der Waals surface area contributed by atoms with Gasteiger partial charge in [-0.3, -0.25) is 9.13 Å². The number of aromatic nitrogens is 6. The standard InChI is InChI=1S/C66H40N6/c1-3-17-43(18-4-1)71-63-53-27-15-26-52-59(53)60-51(61(63)67-65(71)41-33-37-45(38-34-41)69-55-29-11-7-21-47(55)48-22-8-12-30-56(48)69)25-16-28-54(60)64-62(52)68-66(72(64)44-19-5-2-6-20-44)42-35-39-46(40-36-42)70-57-31-13-9-23-49(57)50-24-10-14-32-58(50)70/h1-40H. The molecular weight excluding hydrogens is 877 g/mol. The van der Waals surface area contributed by atoms with Crippen LogP contribution in [0.1, 0.15) is 0 Å². The van der Waals surface area contributed by atoms with Gasteiger partial charge in [0.15, 0.2) is 0 Å². The fraction of sp³-hybridized carbons (Fsp3) is 0. The van der Waals surface area contributed by atoms with Gasteiger partial charge in [0.25, 0.3) is 0 Å². The molecule has 6 nitrogen and oxygen atoms in total. The zero-order valence-electron chi connectivity index (χ0n) is 38.8. The molecule has 16 rings (SSSR count). The Bertz CT molecular complexity index is 4410. The number of rotatable bonds is 6. The zero-order valence-corrected chi connectivity index (χ0v) is 38.8. The molecule has 12 aromatic carbocycles. The van der Waals surface area contributed by atoms with Gasteiger partial charge in [-0.1, -0.05) is 146 Å². The van der Waals surface area contributed by atoms with Gasteiger partial charge in [0.05, 0.1) is 44.1 Å². The highest BCUT2D eigenvalue weighted by Crippen LogP contribution is 2.48. The SMILES string of the molecule is c1ccc(-n2c(-c3ccc(-n4c5ccccc5c5ccccc54)cc3)nc3c4cccc5c4c4c(cccc4c32)c2nc(-c3ccc(-n4c6ccccc6c6ccccc64)cc3)n(-c3ccccc3)c52)cc1. The van der Waals surface area contributed by atoms with Gasteiger partial charge in [0.1, 0.15) is 11.6 Å². The van der Waals surface area contributed by atoms with Crippen molar-refractivity contribution in [3.63, 3.8) is 0 Å². The molecule has 72 heavy (non-hydrogen) atoms. The lowest BCUT2D eigenvalue weighted by Crippen LogP contribution is -2.00. The first-order valence-corrected chi connectivity index (χ1v) is 24.6. The third-order valence-electron chi connectivity index (χ3n) is 15.1. The van der Waals surface area contributed by atoms with Gasteiger partial charge < -0.3 is 9.13 Å². The molecule has 334 valence electrons. The molecule has 0 aliphatic carbocycles. The largest absolute Gasteiger partial charge is 0.309 e. The third-order valence-corrected chi connectivity index (χ3v) is 15.1. The number of nitrogens with zero attached hydrogens (tertiary/aromatic N) is 6. The highest BCUT2D eigenvalue weighted by molar-refractivity contribution is 6.39. The van der Waals surface area contributed by atoms with Crippen LogP contribution in [0.15, 0.2) is 243 Å². The zero-order chi connectivity index (χ0) is 47.0. The topological polar surface area (TPSA) is 45.5 Å². The summed E-state index contributed by atoms with van der Waals surface area (Å²) in [4.78, 5) is 11.4. The van der Waals surface area contributed by atoms with Crippen molar-refractivity contribution in [2.24, 2.45) is 0 Å². The lowest BCUT2D eigenvalue weighted by atomic mass is 9.91. The molecule has 0 unspecified atom stereocenters. The molecule has 0 saturated heterocycles. The molecule has 0 bridgehead atoms. The van der Waals surface area contributed by atoms with Gasteiger partial charge in [0, 0.05) is 87.7 Å². The van der Waals surface area contributed by atoms with Crippen molar-refractivity contribution < 1.29 is 0 Å². The Morgan fingerprint density at radius 1 is 0.222 bits per heavy atom. The van der Waals surface area contributed by atoms with E-state index in [1.807, 2.05) is 0 Å². The Labute approximate surface area is 412 Å². The number of benzene rings is 12. The number of para-hydroxylation sites is 6. The first-order chi connectivity index (χ1) is 35.8. The first kappa shape index (κ1) is 39.1. The second-order valence-electron chi connectivity index (χ2n) is 18.9. The van der Waals surface area contributed by atoms with Crippen LogP contribution in [-0.2, 0) is 0 Å². The van der Waals surface area contributed by atoms with Crippen molar-refractivity contribution in [3.8, 4) is 45.5 Å². The summed E-state index contributed by atoms with van der Waals surface area (Å²) in [5.41, 5.74) is 15.3. The maximum Gasteiger partial charge on any atom is 0.145 e. The van der Waals surface area contributed by atoms with Crippen LogP contribution in [0.2, 0.25) is 0 Å². The highest BCUT2D eigenvalue weighted by Gasteiger charge is 2.27. The van der Waals surface area contributed by atoms with E-state index in [0.717, 1.165) is 89.1 Å². The van der Waals surface area contributed by atoms with Crippen molar-refractivity contribution in [1.29, 1.82) is 0 Å². The fourth-order valence-electron chi connectivity index (χ4n) is 12.1. The molecule has 0 saturated carbocycles. The molecule has 0 aliphatic rings. The van der Waals surface area contributed by atoms with E-state index < -0.39 is 0 Å². The van der Waals surface area contributed by atoms with E-state index >= 15 is 0 Å². The molecule has 0 N–H and O–H groups in total. The molecule has 0 spiro atoms. The number of hydrogen-bond donors (Lipinski definition) is 0. The van der Waals surface area contributed by atoms with Crippen LogP contribution in [-0.4, -0.2) is 28.2 Å². The third kappa shape index (κ3) is 5.38. The lowest BCUT2D eigenvalue weighted by molar-refractivity contribution is 1.10. The predicted octanol–water partition coefficient (Wildman–Crippen LogP) is 16.8. The second-order valence-corrected chi connectivity index (χ2v) is 18.9. The molecule has 4 aromatic heterocycles. The Hall–Kier alpha value is -9.78. The summed E-state index contributed by atoms with van der Waals surface area (Å²) in [7, 11) is 0. The molecule has 0 radical (unpaired) electrons. The molecule has 0 atom stereocenters. The summed E-state index contributed by atoms with van der Waals surface area (Å²) in [6, 6.07) is 87.5. The molecule has 0 fully saturated rings. The van der Waals surface area contributed by atoms with E-state index in [1.165, 1.54) is 54.4 Å². The Morgan fingerprint density at radius 3 is 0.875 bits per heavy atom. The van der Waals surface area contributed by atoms with Crippen LogP contribution in [0.3, 0.4) is 0 Å². The Balaban J connectivity index is 0.935. The van der Waals surface area contributed by atoms with Gasteiger partial charge in [-0.05, 0) is 97.1 Å². The van der Waals surface area contributed by atoms with E-state index in [-0.39, 0.29) is 0 Å². The Morgan fingerprint density at radius 2 is 0.514 bits per heavy atom. The lowest BCUT2D eigenvalue weighted by Gasteiger charge is -2.17. The monoisotopic (exact) mass is 916 g/mol. The number of hydrogen-bond acceptors (Lipinski definition) is 2. The van der Waals surface area contributed by atoms with Crippen LogP contribution in [0.4, 0.5) is 0 Å². The first-order valence-electron chi connectivity index (χ1n) is 24.6. The van der Waals surface area contributed by atoms with Gasteiger partial charge in [-0.15, -0.1) is 0 Å². The summed E-state index contributed by atoms with van der Waals surface area (Å²) in [6.45, 7) is 0. The van der Waals surface area contributed by atoms with Crippen LogP contribution < -0.4 is 0 Å². The maximum atomic E-state index is 5.71. The van der Waals surface area contributed by atoms with E-state index in [9.17, 15) is 0 Å². The molecular formula is C66H40N6. The predicted molar refractivity (Wildman–Crippen MR) is 299 cm³/mol. The van der Waals surface area contributed by atoms with Crippen LogP contribution in [0.25, 0.3) is 144 Å². The summed E-state index contributed by atoms with van der Waals surface area (Å²) in [6.07, 6.45) is 0. The van der Waals surface area contributed by atoms with Crippen molar-refractivity contribution in [2.45, 2.75) is 0 Å². The van der Waals surface area contributed by atoms with Gasteiger partial charge >= 0.3 is 0 Å². The number of imidazole rings is 2. The molecule has 4 heterocycles. The van der Waals surface area contributed by atoms with E-state index in [0.29, 0.717) is 0 Å². The van der Waals surface area contributed by atoms with Crippen molar-refractivity contribution in [3.05, 3.63) is 243 Å². The minimum absolute atomic E-state index is 0.893. The second kappa shape index (κ2) is 14.9. The minimum Gasteiger partial charge on any atom is -0.309 e. The molecule has 0 aliphatic heterocycles. The molecule has 16 aromatic rings. The summed E-state index contributed by atoms with van der Waals surface area (Å²) >= 11 is 0. The van der Waals surface area contributed by atoms with Crippen molar-refractivity contribution in [1.82, 2.24) is 28.2 Å². The summed E-state index contributed by atoms with van der Waals surface area (Å²) in [5.74, 6) is 1.79. The maximum absolute atomic E-state index is 5.71. The van der Waals surface area contributed by atoms with Gasteiger partial charge in [-0.25, -0.2) is 9.97 Å². The fourth-order valence-corrected chi connectivity index (χ4v) is 12.1. The van der Waals surface area contributed by atoms with Crippen LogP contribution in [0.5, 0.6) is 0 Å². The van der Waals surface area contributed by atoms with Gasteiger partial charge in [0.2, 0.25) is 0 Å². The van der Waals surface area contributed by atoms with Crippen molar-refractivity contribution >= 4 is 98.0 Å². The minimum atomic E-state index is 0.893. The number of fused-ring (bicyclic) bond motifs is 12. The van der Waals surface area contributed by atoms with E-state index in [1.54, 1.807) is 0 Å².